The van der Waals surface area contributed by atoms with E-state index in [-0.39, 0.29) is 23.0 Å². The smallest absolute Gasteiger partial charge is 0.255 e. The number of nitrogens with one attached hydrogen (secondary N) is 1. The summed E-state index contributed by atoms with van der Waals surface area (Å²) < 4.78 is 0. The minimum Gasteiger partial charge on any atom is -0.507 e. The van der Waals surface area contributed by atoms with Crippen LogP contribution in [0.5, 0.6) is 11.5 Å². The molecule has 1 aromatic rings. The molecule has 1 saturated carbocycles. The van der Waals surface area contributed by atoms with Crippen LogP contribution in [0.25, 0.3) is 0 Å². The van der Waals surface area contributed by atoms with Crippen LogP contribution in [0.2, 0.25) is 0 Å². The molecule has 2 aliphatic carbocycles. The Morgan fingerprint density at radius 1 is 0.862 bits per heavy atom. The summed E-state index contributed by atoms with van der Waals surface area (Å²) in [6, 6.07) is 0. The van der Waals surface area contributed by atoms with E-state index in [9.17, 15) is 15.0 Å². The molecule has 0 saturated heterocycles. The Kier molecular flexibility index (Phi) is 7.85. The highest BCUT2D eigenvalue weighted by Gasteiger charge is 2.43. The Morgan fingerprint density at radius 3 is 1.97 bits per heavy atom. The van der Waals surface area contributed by atoms with Gasteiger partial charge in [0.15, 0.2) is 0 Å². The first-order valence-corrected chi connectivity index (χ1v) is 11.9. The molecule has 29 heavy (non-hydrogen) atoms. The van der Waals surface area contributed by atoms with Gasteiger partial charge in [-0.3, -0.25) is 4.79 Å². The summed E-state index contributed by atoms with van der Waals surface area (Å²) in [5.74, 6) is 0.743. The number of carbonyl (C=O) groups excluding carboxylic acids is 1. The maximum Gasteiger partial charge on any atom is 0.255 e. The third kappa shape index (κ3) is 4.90. The van der Waals surface area contributed by atoms with Gasteiger partial charge >= 0.3 is 0 Å². The summed E-state index contributed by atoms with van der Waals surface area (Å²) in [5.41, 5.74) is 2.55. The molecule has 3 N–H and O–H groups in total. The van der Waals surface area contributed by atoms with Gasteiger partial charge in [0.2, 0.25) is 0 Å². The summed E-state index contributed by atoms with van der Waals surface area (Å²) in [4.78, 5) is 12.7. The van der Waals surface area contributed by atoms with Crippen molar-refractivity contribution in [1.82, 2.24) is 5.32 Å². The maximum atomic E-state index is 12.7. The first kappa shape index (κ1) is 22.0. The predicted molar refractivity (Wildman–Crippen MR) is 118 cm³/mol. The first-order chi connectivity index (χ1) is 14.1. The normalized spacial score (nSPS) is 19.5. The number of amides is 1. The number of rotatable bonds is 12. The van der Waals surface area contributed by atoms with Gasteiger partial charge in [-0.25, -0.2) is 0 Å². The average Bonchev–Trinajstić information content (AvgIpc) is 3.32. The number of phenols is 2. The molecule has 4 heteroatoms. The monoisotopic (exact) mass is 401 g/mol. The summed E-state index contributed by atoms with van der Waals surface area (Å²) in [6.45, 7) is 4.62. The Morgan fingerprint density at radius 2 is 1.38 bits per heavy atom. The molecule has 1 aromatic carbocycles. The van der Waals surface area contributed by atoms with Crippen molar-refractivity contribution in [1.29, 1.82) is 0 Å². The van der Waals surface area contributed by atoms with E-state index in [1.54, 1.807) is 6.92 Å². The fourth-order valence-corrected chi connectivity index (χ4v) is 5.40. The van der Waals surface area contributed by atoms with E-state index in [2.05, 4.69) is 12.2 Å². The Labute approximate surface area is 176 Å². The SMILES string of the molecule is CCCCCCCCCCCCNC(=O)c1c(C)c(O)c2c(c1O)C1CCC2C1. The van der Waals surface area contributed by atoms with Gasteiger partial charge in [-0.1, -0.05) is 64.7 Å². The molecule has 1 amide bonds. The molecule has 2 atom stereocenters. The van der Waals surface area contributed by atoms with Crippen LogP contribution < -0.4 is 5.32 Å². The Bertz CT molecular complexity index is 713. The molecule has 0 spiro atoms. The second kappa shape index (κ2) is 10.4. The summed E-state index contributed by atoms with van der Waals surface area (Å²) in [6.07, 6.45) is 15.8. The fourth-order valence-electron chi connectivity index (χ4n) is 5.40. The molecule has 0 heterocycles. The Hall–Kier alpha value is -1.71. The van der Waals surface area contributed by atoms with E-state index < -0.39 is 0 Å². The predicted octanol–water partition coefficient (Wildman–Crippen LogP) is 6.42. The minimum absolute atomic E-state index is 0.114. The van der Waals surface area contributed by atoms with Crippen molar-refractivity contribution in [2.75, 3.05) is 6.54 Å². The lowest BCUT2D eigenvalue weighted by Crippen LogP contribution is -2.26. The summed E-state index contributed by atoms with van der Waals surface area (Å²) in [5, 5.41) is 24.4. The Balaban J connectivity index is 1.42. The lowest BCUT2D eigenvalue weighted by atomic mass is 9.86. The van der Waals surface area contributed by atoms with E-state index in [1.807, 2.05) is 0 Å². The van der Waals surface area contributed by atoms with Gasteiger partial charge in [-0.2, -0.15) is 0 Å². The van der Waals surface area contributed by atoms with Crippen LogP contribution in [0.3, 0.4) is 0 Å². The first-order valence-electron chi connectivity index (χ1n) is 11.9. The number of carbonyl (C=O) groups is 1. The van der Waals surface area contributed by atoms with E-state index in [1.165, 1.54) is 51.4 Å². The number of unbranched alkanes of at least 4 members (excludes halogenated alkanes) is 9. The highest BCUT2D eigenvalue weighted by molar-refractivity contribution is 6.00. The van der Waals surface area contributed by atoms with Crippen LogP contribution >= 0.6 is 0 Å². The molecule has 0 radical (unpaired) electrons. The highest BCUT2D eigenvalue weighted by atomic mass is 16.3. The van der Waals surface area contributed by atoms with Gasteiger partial charge in [0.1, 0.15) is 11.5 Å². The zero-order valence-electron chi connectivity index (χ0n) is 18.4. The van der Waals surface area contributed by atoms with E-state index in [0.717, 1.165) is 43.2 Å². The number of hydrogen-bond acceptors (Lipinski definition) is 3. The van der Waals surface area contributed by atoms with Crippen molar-refractivity contribution in [2.24, 2.45) is 0 Å². The van der Waals surface area contributed by atoms with Crippen LogP contribution in [0.15, 0.2) is 0 Å². The van der Waals surface area contributed by atoms with Gasteiger partial charge in [0.25, 0.3) is 5.91 Å². The molecule has 2 unspecified atom stereocenters. The molecular weight excluding hydrogens is 362 g/mol. The van der Waals surface area contributed by atoms with Gasteiger partial charge in [-0.15, -0.1) is 0 Å². The third-order valence-corrected chi connectivity index (χ3v) is 7.06. The van der Waals surface area contributed by atoms with E-state index >= 15 is 0 Å². The van der Waals surface area contributed by atoms with Crippen LogP contribution in [0.1, 0.15) is 129 Å². The number of aromatic hydroxyl groups is 2. The molecule has 1 fully saturated rings. The second-order valence-electron chi connectivity index (χ2n) is 9.17. The van der Waals surface area contributed by atoms with E-state index in [4.69, 9.17) is 0 Å². The number of phenolic OH excluding ortho intramolecular Hbond substituents is 2. The third-order valence-electron chi connectivity index (χ3n) is 7.06. The highest BCUT2D eigenvalue weighted by Crippen LogP contribution is 2.59. The van der Waals surface area contributed by atoms with Crippen LogP contribution in [-0.4, -0.2) is 22.7 Å². The zero-order chi connectivity index (χ0) is 20.8. The van der Waals surface area contributed by atoms with Gasteiger partial charge in [-0.05, 0) is 44.4 Å². The van der Waals surface area contributed by atoms with Gasteiger partial charge in [0, 0.05) is 23.2 Å². The molecule has 0 aromatic heterocycles. The minimum atomic E-state index is -0.253. The van der Waals surface area contributed by atoms with Crippen molar-refractivity contribution in [3.05, 3.63) is 22.3 Å². The van der Waals surface area contributed by atoms with Crippen LogP contribution in [0.4, 0.5) is 0 Å². The lowest BCUT2D eigenvalue weighted by Gasteiger charge is -2.22. The topological polar surface area (TPSA) is 69.6 Å². The number of fused-ring (bicyclic) bond motifs is 5. The van der Waals surface area contributed by atoms with Gasteiger partial charge < -0.3 is 15.5 Å². The molecular formula is C25H39NO3. The zero-order valence-corrected chi connectivity index (χ0v) is 18.4. The molecule has 3 rings (SSSR count). The average molecular weight is 402 g/mol. The summed E-state index contributed by atoms with van der Waals surface area (Å²) >= 11 is 0. The van der Waals surface area contributed by atoms with Crippen molar-refractivity contribution >= 4 is 5.91 Å². The van der Waals surface area contributed by atoms with E-state index in [0.29, 0.717) is 23.9 Å². The largest absolute Gasteiger partial charge is 0.507 e. The molecule has 162 valence electrons. The van der Waals surface area contributed by atoms with Crippen molar-refractivity contribution < 1.29 is 15.0 Å². The van der Waals surface area contributed by atoms with Crippen molar-refractivity contribution in [2.45, 2.75) is 109 Å². The summed E-state index contributed by atoms with van der Waals surface area (Å²) in [7, 11) is 0. The number of hydrogen-bond donors (Lipinski definition) is 3. The number of benzene rings is 1. The van der Waals surface area contributed by atoms with Crippen LogP contribution in [0, 0.1) is 6.92 Å². The van der Waals surface area contributed by atoms with Crippen molar-refractivity contribution in [3.8, 4) is 11.5 Å². The molecule has 2 bridgehead atoms. The molecule has 0 aliphatic heterocycles. The van der Waals surface area contributed by atoms with Crippen molar-refractivity contribution in [3.63, 3.8) is 0 Å². The molecule has 4 nitrogen and oxygen atoms in total. The lowest BCUT2D eigenvalue weighted by molar-refractivity contribution is 0.0949. The molecule has 2 aliphatic rings. The van der Waals surface area contributed by atoms with Gasteiger partial charge in [0.05, 0.1) is 5.56 Å². The van der Waals surface area contributed by atoms with Crippen LogP contribution in [-0.2, 0) is 0 Å². The standard InChI is InChI=1S/C25H39NO3/c1-3-4-5-6-7-8-9-10-11-12-15-26-25(29)20-17(2)23(27)21-18-13-14-19(16-18)22(21)24(20)28/h18-19,27-28H,3-16H2,1-2H3,(H,26,29). The fraction of sp³-hybridized carbons (Fsp3) is 0.720. The maximum absolute atomic E-state index is 12.7. The second-order valence-corrected chi connectivity index (χ2v) is 9.17. The quantitative estimate of drug-likeness (QED) is 0.279.